The fourth-order valence-electron chi connectivity index (χ4n) is 2.11. The number of rotatable bonds is 2. The lowest BCUT2D eigenvalue weighted by Gasteiger charge is -2.12. The lowest BCUT2D eigenvalue weighted by atomic mass is 10.1. The molecular weight excluding hydrogens is 317 g/mol. The van der Waals surface area contributed by atoms with Crippen molar-refractivity contribution < 1.29 is 8.78 Å². The molecule has 0 atom stereocenters. The quantitative estimate of drug-likeness (QED) is 0.639. The maximum atomic E-state index is 14.0. The second-order valence-corrected chi connectivity index (χ2v) is 5.04. The fourth-order valence-corrected chi connectivity index (χ4v) is 2.56. The predicted octanol–water partition coefficient (Wildman–Crippen LogP) is 5.12. The van der Waals surface area contributed by atoms with E-state index in [1.54, 1.807) is 24.3 Å². The van der Waals surface area contributed by atoms with Crippen LogP contribution in [0.5, 0.6) is 0 Å². The summed E-state index contributed by atoms with van der Waals surface area (Å²) in [5.74, 6) is -1.39. The van der Waals surface area contributed by atoms with Crippen molar-refractivity contribution >= 4 is 23.2 Å². The van der Waals surface area contributed by atoms with E-state index >= 15 is 0 Å². The number of hydrogen-bond donors (Lipinski definition) is 0. The highest BCUT2D eigenvalue weighted by Gasteiger charge is 2.19. The minimum absolute atomic E-state index is 0.0701. The van der Waals surface area contributed by atoms with Gasteiger partial charge < -0.3 is 0 Å². The van der Waals surface area contributed by atoms with E-state index in [1.165, 1.54) is 29.0 Å². The largest absolute Gasteiger partial charge is 0.281 e. The highest BCUT2D eigenvalue weighted by molar-refractivity contribution is 6.33. The summed E-state index contributed by atoms with van der Waals surface area (Å²) in [6.45, 7) is 0. The molecule has 106 valence electrons. The van der Waals surface area contributed by atoms with Gasteiger partial charge >= 0.3 is 0 Å². The molecule has 0 unspecified atom stereocenters. The van der Waals surface area contributed by atoms with Gasteiger partial charge in [0.2, 0.25) is 5.28 Å². The number of aromatic nitrogens is 2. The highest BCUT2D eigenvalue weighted by atomic mass is 35.5. The van der Waals surface area contributed by atoms with Crippen molar-refractivity contribution in [2.24, 2.45) is 0 Å². The molecule has 0 fully saturated rings. The summed E-state index contributed by atoms with van der Waals surface area (Å²) in [4.78, 5) is 3.93. The van der Waals surface area contributed by atoms with Crippen LogP contribution in [0.15, 0.2) is 48.7 Å². The van der Waals surface area contributed by atoms with Gasteiger partial charge in [0.25, 0.3) is 0 Å². The van der Waals surface area contributed by atoms with Gasteiger partial charge in [0.1, 0.15) is 11.6 Å². The average Bonchev–Trinajstić information content (AvgIpc) is 2.81. The topological polar surface area (TPSA) is 17.8 Å². The Bertz CT molecular complexity index is 795. The van der Waals surface area contributed by atoms with Crippen LogP contribution in [0.2, 0.25) is 10.3 Å². The summed E-state index contributed by atoms with van der Waals surface area (Å²) >= 11 is 12.2. The minimum atomic E-state index is -0.695. The van der Waals surface area contributed by atoms with Crippen LogP contribution >= 0.6 is 23.2 Å². The average molecular weight is 325 g/mol. The van der Waals surface area contributed by atoms with Gasteiger partial charge in [-0.2, -0.15) is 0 Å². The molecule has 0 bridgehead atoms. The molecule has 0 spiro atoms. The van der Waals surface area contributed by atoms with Crippen molar-refractivity contribution in [2.75, 3.05) is 0 Å². The molecule has 0 N–H and O–H groups in total. The Morgan fingerprint density at radius 2 is 1.57 bits per heavy atom. The van der Waals surface area contributed by atoms with Gasteiger partial charge in [-0.15, -0.1) is 0 Å². The Hall–Kier alpha value is -1.91. The van der Waals surface area contributed by atoms with Crippen LogP contribution in [0.4, 0.5) is 8.78 Å². The lowest BCUT2D eigenvalue weighted by Crippen LogP contribution is -2.00. The zero-order valence-corrected chi connectivity index (χ0v) is 12.0. The second kappa shape index (κ2) is 5.47. The first-order chi connectivity index (χ1) is 10.1. The van der Waals surface area contributed by atoms with Crippen molar-refractivity contribution in [1.82, 2.24) is 9.55 Å². The first-order valence-electron chi connectivity index (χ1n) is 6.02. The fraction of sp³-hybridized carbons (Fsp3) is 0. The highest BCUT2D eigenvalue weighted by Crippen LogP contribution is 2.33. The number of imidazole rings is 1. The molecule has 2 aromatic carbocycles. The Morgan fingerprint density at radius 1 is 0.905 bits per heavy atom. The molecule has 0 amide bonds. The molecular formula is C15H8Cl2F2N2. The number of halogens is 4. The Balaban J connectivity index is 2.31. The molecule has 2 nitrogen and oxygen atoms in total. The molecule has 3 aromatic rings. The normalized spacial score (nSPS) is 10.9. The maximum absolute atomic E-state index is 14.0. The van der Waals surface area contributed by atoms with Crippen LogP contribution < -0.4 is 0 Å². The van der Waals surface area contributed by atoms with Crippen LogP contribution in [-0.4, -0.2) is 9.55 Å². The molecule has 1 heterocycles. The van der Waals surface area contributed by atoms with Crippen LogP contribution in [-0.2, 0) is 0 Å². The minimum Gasteiger partial charge on any atom is -0.281 e. The standard InChI is InChI=1S/C15H8Cl2F2N2/c16-9-4-1-2-7-12(9)21-13(8-20-15(21)17)14-10(18)5-3-6-11(14)19/h1-8H. The van der Waals surface area contributed by atoms with Crippen molar-refractivity contribution in [3.63, 3.8) is 0 Å². The van der Waals surface area contributed by atoms with Gasteiger partial charge in [0, 0.05) is 0 Å². The molecule has 0 saturated heterocycles. The SMILES string of the molecule is Fc1cccc(F)c1-c1cnc(Cl)n1-c1ccccc1Cl. The van der Waals surface area contributed by atoms with Crippen LogP contribution in [0, 0.1) is 11.6 Å². The van der Waals surface area contributed by atoms with Crippen LogP contribution in [0.3, 0.4) is 0 Å². The van der Waals surface area contributed by atoms with E-state index in [9.17, 15) is 8.78 Å². The summed E-state index contributed by atoms with van der Waals surface area (Å²) in [6.07, 6.45) is 1.31. The Morgan fingerprint density at radius 3 is 2.24 bits per heavy atom. The monoisotopic (exact) mass is 324 g/mol. The van der Waals surface area contributed by atoms with E-state index in [1.807, 2.05) is 0 Å². The summed E-state index contributed by atoms with van der Waals surface area (Å²) in [5.41, 5.74) is 0.500. The van der Waals surface area contributed by atoms with Crippen LogP contribution in [0.1, 0.15) is 0 Å². The maximum Gasteiger partial charge on any atom is 0.207 e. The number of hydrogen-bond acceptors (Lipinski definition) is 1. The third kappa shape index (κ3) is 2.41. The van der Waals surface area contributed by atoms with Gasteiger partial charge in [0.05, 0.1) is 28.2 Å². The zero-order valence-electron chi connectivity index (χ0n) is 10.5. The third-order valence-corrected chi connectivity index (χ3v) is 3.62. The molecule has 0 aliphatic carbocycles. The first-order valence-corrected chi connectivity index (χ1v) is 6.77. The van der Waals surface area contributed by atoms with Gasteiger partial charge in [0.15, 0.2) is 0 Å². The van der Waals surface area contributed by atoms with Crippen molar-refractivity contribution in [2.45, 2.75) is 0 Å². The van der Waals surface area contributed by atoms with E-state index in [0.29, 0.717) is 10.7 Å². The Labute approximate surface area is 129 Å². The molecule has 0 radical (unpaired) electrons. The first kappa shape index (κ1) is 14.0. The lowest BCUT2D eigenvalue weighted by molar-refractivity contribution is 0.588. The van der Waals surface area contributed by atoms with E-state index in [-0.39, 0.29) is 16.5 Å². The van der Waals surface area contributed by atoms with Crippen molar-refractivity contribution in [3.05, 3.63) is 70.6 Å². The molecule has 0 saturated carbocycles. The molecule has 1 aromatic heterocycles. The van der Waals surface area contributed by atoms with Gasteiger partial charge in [-0.3, -0.25) is 4.57 Å². The van der Waals surface area contributed by atoms with Gasteiger partial charge in [-0.1, -0.05) is 29.8 Å². The van der Waals surface area contributed by atoms with Crippen molar-refractivity contribution in [1.29, 1.82) is 0 Å². The summed E-state index contributed by atoms with van der Waals surface area (Å²) in [5, 5.41) is 0.469. The van der Waals surface area contributed by atoms with Crippen molar-refractivity contribution in [3.8, 4) is 16.9 Å². The third-order valence-electron chi connectivity index (χ3n) is 3.03. The van der Waals surface area contributed by atoms with Gasteiger partial charge in [-0.05, 0) is 35.9 Å². The number of benzene rings is 2. The zero-order chi connectivity index (χ0) is 15.0. The molecule has 3 rings (SSSR count). The Kier molecular flexibility index (Phi) is 3.66. The molecule has 6 heteroatoms. The summed E-state index contributed by atoms with van der Waals surface area (Å²) in [7, 11) is 0. The number of nitrogens with zero attached hydrogens (tertiary/aromatic N) is 2. The van der Waals surface area contributed by atoms with E-state index < -0.39 is 11.6 Å². The van der Waals surface area contributed by atoms with E-state index in [0.717, 1.165) is 0 Å². The second-order valence-electron chi connectivity index (χ2n) is 4.30. The molecule has 0 aliphatic heterocycles. The van der Waals surface area contributed by atoms with Gasteiger partial charge in [-0.25, -0.2) is 13.8 Å². The van der Waals surface area contributed by atoms with E-state index in [4.69, 9.17) is 23.2 Å². The summed E-state index contributed by atoms with van der Waals surface area (Å²) < 4.78 is 29.4. The smallest absolute Gasteiger partial charge is 0.207 e. The summed E-state index contributed by atoms with van der Waals surface area (Å²) in [6, 6.07) is 10.5. The molecule has 21 heavy (non-hydrogen) atoms. The van der Waals surface area contributed by atoms with Crippen LogP contribution in [0.25, 0.3) is 16.9 Å². The van der Waals surface area contributed by atoms with E-state index in [2.05, 4.69) is 4.98 Å². The molecule has 0 aliphatic rings. The predicted molar refractivity (Wildman–Crippen MR) is 78.9 cm³/mol. The number of para-hydroxylation sites is 1.